The Kier molecular flexibility index (Phi) is 7.69. The van der Waals surface area contributed by atoms with Crippen molar-refractivity contribution >= 4 is 0 Å². The van der Waals surface area contributed by atoms with E-state index in [0.717, 1.165) is 0 Å². The highest BCUT2D eigenvalue weighted by Gasteiger charge is 2.08. The summed E-state index contributed by atoms with van der Waals surface area (Å²) < 4.78 is 0. The van der Waals surface area contributed by atoms with Crippen LogP contribution in [0, 0.1) is 20.8 Å². The average molecular weight is 385 g/mol. The molecule has 0 fully saturated rings. The molecule has 3 rings (SSSR count). The maximum Gasteiger partial charge on any atom is -0.0152 e. The van der Waals surface area contributed by atoms with Crippen LogP contribution >= 0.6 is 0 Å². The summed E-state index contributed by atoms with van der Waals surface area (Å²) in [6.07, 6.45) is 9.34. The number of rotatable bonds is 9. The lowest BCUT2D eigenvalue weighted by atomic mass is 9.91. The zero-order chi connectivity index (χ0) is 20.6. The minimum atomic E-state index is 1.20. The van der Waals surface area contributed by atoms with Crippen LogP contribution in [-0.4, -0.2) is 0 Å². The third kappa shape index (κ3) is 5.82. The molecule has 29 heavy (non-hydrogen) atoms. The molecule has 152 valence electrons. The zero-order valence-electron chi connectivity index (χ0n) is 18.7. The molecule has 3 aromatic rings. The molecule has 0 aliphatic heterocycles. The largest absolute Gasteiger partial charge is 0.0654 e. The van der Waals surface area contributed by atoms with E-state index in [1.54, 1.807) is 0 Å². The van der Waals surface area contributed by atoms with Crippen LogP contribution in [0.4, 0.5) is 0 Å². The van der Waals surface area contributed by atoms with Gasteiger partial charge < -0.3 is 0 Å². The third-order valence-electron chi connectivity index (χ3n) is 6.06. The van der Waals surface area contributed by atoms with Crippen molar-refractivity contribution in [2.45, 2.75) is 72.6 Å². The molecule has 0 heterocycles. The number of hydrogen-bond donors (Lipinski definition) is 0. The Morgan fingerprint density at radius 3 is 1.76 bits per heavy atom. The monoisotopic (exact) mass is 384 g/mol. The maximum atomic E-state index is 2.44. The fourth-order valence-corrected chi connectivity index (χ4v) is 4.16. The van der Waals surface area contributed by atoms with Crippen molar-refractivity contribution in [1.29, 1.82) is 0 Å². The van der Waals surface area contributed by atoms with Crippen LogP contribution in [0.3, 0.4) is 0 Å². The Balaban J connectivity index is 1.73. The molecule has 0 N–H and O–H groups in total. The summed E-state index contributed by atoms with van der Waals surface area (Å²) >= 11 is 0. The molecule has 0 aliphatic carbocycles. The summed E-state index contributed by atoms with van der Waals surface area (Å²) in [4.78, 5) is 0. The van der Waals surface area contributed by atoms with Gasteiger partial charge in [-0.25, -0.2) is 0 Å². The van der Waals surface area contributed by atoms with E-state index in [9.17, 15) is 0 Å². The molecule has 0 aliphatic rings. The van der Waals surface area contributed by atoms with Gasteiger partial charge in [0.15, 0.2) is 0 Å². The molecule has 0 nitrogen and oxygen atoms in total. The Labute approximate surface area is 178 Å². The third-order valence-corrected chi connectivity index (χ3v) is 6.06. The Bertz CT molecular complexity index is 898. The number of unbranched alkanes of at least 4 members (excludes halogenated alkanes) is 5. The van der Waals surface area contributed by atoms with Crippen molar-refractivity contribution < 1.29 is 0 Å². The minimum absolute atomic E-state index is 1.20. The predicted molar refractivity (Wildman–Crippen MR) is 129 cm³/mol. The molecule has 0 saturated carbocycles. The fourth-order valence-electron chi connectivity index (χ4n) is 4.16. The van der Waals surface area contributed by atoms with Gasteiger partial charge >= 0.3 is 0 Å². The predicted octanol–water partition coefficient (Wildman–Crippen LogP) is 8.85. The highest BCUT2D eigenvalue weighted by molar-refractivity contribution is 5.73. The van der Waals surface area contributed by atoms with E-state index in [1.807, 2.05) is 0 Å². The van der Waals surface area contributed by atoms with E-state index in [2.05, 4.69) is 88.4 Å². The second-order valence-electron chi connectivity index (χ2n) is 8.55. The smallest absolute Gasteiger partial charge is 0.0152 e. The van der Waals surface area contributed by atoms with Crippen LogP contribution in [0.5, 0.6) is 0 Å². The zero-order valence-corrected chi connectivity index (χ0v) is 18.7. The maximum absolute atomic E-state index is 2.44. The fraction of sp³-hybridized carbons (Fsp3) is 0.379. The first-order chi connectivity index (χ1) is 14.1. The summed E-state index contributed by atoms with van der Waals surface area (Å²) in [6, 6.07) is 22.7. The molecule has 0 saturated heterocycles. The van der Waals surface area contributed by atoms with Gasteiger partial charge in [-0.15, -0.1) is 0 Å². The van der Waals surface area contributed by atoms with Crippen molar-refractivity contribution in [2.75, 3.05) is 0 Å². The number of aryl methyl sites for hydroxylation is 4. The van der Waals surface area contributed by atoms with E-state index in [0.29, 0.717) is 0 Å². The SMILES string of the molecule is CCCCCCCCc1cc(-c2ccc(-c3ccc(C)cc3)cc2)c(C)cc1C. The number of benzene rings is 3. The topological polar surface area (TPSA) is 0 Å². The second kappa shape index (κ2) is 10.4. The van der Waals surface area contributed by atoms with Crippen LogP contribution in [0.15, 0.2) is 60.7 Å². The van der Waals surface area contributed by atoms with Crippen molar-refractivity contribution in [3.05, 3.63) is 82.9 Å². The lowest BCUT2D eigenvalue weighted by Crippen LogP contribution is -1.94. The Morgan fingerprint density at radius 2 is 1.10 bits per heavy atom. The molecule has 0 spiro atoms. The van der Waals surface area contributed by atoms with E-state index in [1.165, 1.54) is 89.5 Å². The van der Waals surface area contributed by atoms with Gasteiger partial charge in [-0.2, -0.15) is 0 Å². The summed E-state index contributed by atoms with van der Waals surface area (Å²) in [7, 11) is 0. The lowest BCUT2D eigenvalue weighted by Gasteiger charge is -2.13. The van der Waals surface area contributed by atoms with Gasteiger partial charge in [0, 0.05) is 0 Å². The van der Waals surface area contributed by atoms with Crippen molar-refractivity contribution in [3.8, 4) is 22.3 Å². The van der Waals surface area contributed by atoms with E-state index < -0.39 is 0 Å². The van der Waals surface area contributed by atoms with Crippen LogP contribution in [0.1, 0.15) is 67.7 Å². The van der Waals surface area contributed by atoms with Gasteiger partial charge in [-0.05, 0) is 72.6 Å². The summed E-state index contributed by atoms with van der Waals surface area (Å²) in [5.74, 6) is 0. The van der Waals surface area contributed by atoms with Gasteiger partial charge in [0.25, 0.3) is 0 Å². The lowest BCUT2D eigenvalue weighted by molar-refractivity contribution is 0.607. The van der Waals surface area contributed by atoms with E-state index in [-0.39, 0.29) is 0 Å². The highest BCUT2D eigenvalue weighted by Crippen LogP contribution is 2.30. The van der Waals surface area contributed by atoms with Crippen molar-refractivity contribution in [1.82, 2.24) is 0 Å². The number of hydrogen-bond acceptors (Lipinski definition) is 0. The summed E-state index contributed by atoms with van der Waals surface area (Å²) in [5, 5.41) is 0. The summed E-state index contributed by atoms with van der Waals surface area (Å²) in [6.45, 7) is 8.93. The normalized spacial score (nSPS) is 11.0. The molecule has 0 radical (unpaired) electrons. The first-order valence-corrected chi connectivity index (χ1v) is 11.4. The van der Waals surface area contributed by atoms with Crippen LogP contribution in [0.2, 0.25) is 0 Å². The first-order valence-electron chi connectivity index (χ1n) is 11.4. The molecule has 3 aromatic carbocycles. The highest BCUT2D eigenvalue weighted by atomic mass is 14.1. The molecule has 0 bridgehead atoms. The standard InChI is InChI=1S/C29H36/c1-5-6-7-8-9-10-11-28-21-29(24(4)20-23(28)3)27-18-16-26(17-19-27)25-14-12-22(2)13-15-25/h12-21H,5-11H2,1-4H3. The van der Waals surface area contributed by atoms with E-state index >= 15 is 0 Å². The first kappa shape index (κ1) is 21.4. The molecule has 0 unspecified atom stereocenters. The quantitative estimate of drug-likeness (QED) is 0.323. The molecular formula is C29H36. The minimum Gasteiger partial charge on any atom is -0.0654 e. The van der Waals surface area contributed by atoms with Gasteiger partial charge in [0.2, 0.25) is 0 Å². The molecule has 0 atom stereocenters. The molecule has 0 amide bonds. The van der Waals surface area contributed by atoms with Crippen LogP contribution < -0.4 is 0 Å². The molecule has 0 heteroatoms. The van der Waals surface area contributed by atoms with Gasteiger partial charge in [0.05, 0.1) is 0 Å². The second-order valence-corrected chi connectivity index (χ2v) is 8.55. The van der Waals surface area contributed by atoms with Gasteiger partial charge in [-0.1, -0.05) is 105 Å². The molecular weight excluding hydrogens is 348 g/mol. The van der Waals surface area contributed by atoms with Crippen molar-refractivity contribution in [2.24, 2.45) is 0 Å². The van der Waals surface area contributed by atoms with Gasteiger partial charge in [0.1, 0.15) is 0 Å². The van der Waals surface area contributed by atoms with Crippen LogP contribution in [-0.2, 0) is 6.42 Å². The van der Waals surface area contributed by atoms with Crippen molar-refractivity contribution in [3.63, 3.8) is 0 Å². The Hall–Kier alpha value is -2.34. The van der Waals surface area contributed by atoms with Crippen LogP contribution in [0.25, 0.3) is 22.3 Å². The van der Waals surface area contributed by atoms with E-state index in [4.69, 9.17) is 0 Å². The average Bonchev–Trinajstić information content (AvgIpc) is 2.73. The van der Waals surface area contributed by atoms with Gasteiger partial charge in [-0.3, -0.25) is 0 Å². The Morgan fingerprint density at radius 1 is 0.552 bits per heavy atom. The summed E-state index contributed by atoms with van der Waals surface area (Å²) in [5.41, 5.74) is 10.9. The molecule has 0 aromatic heterocycles.